The van der Waals surface area contributed by atoms with Crippen molar-refractivity contribution in [1.29, 1.82) is 0 Å². The first-order valence-corrected chi connectivity index (χ1v) is 7.56. The van der Waals surface area contributed by atoms with Crippen molar-refractivity contribution in [2.45, 2.75) is 29.9 Å². The number of aryl methyl sites for hydroxylation is 2. The molecule has 1 aromatic heterocycles. The van der Waals surface area contributed by atoms with Crippen LogP contribution in [0.25, 0.3) is 0 Å². The molecule has 88 valence electrons. The van der Waals surface area contributed by atoms with Crippen LogP contribution in [0.15, 0.2) is 29.3 Å². The van der Waals surface area contributed by atoms with Crippen LogP contribution >= 0.6 is 23.1 Å². The molecule has 1 aromatic carbocycles. The van der Waals surface area contributed by atoms with Gasteiger partial charge in [-0.25, -0.2) is 4.98 Å². The molecule has 0 spiro atoms. The lowest BCUT2D eigenvalue weighted by atomic mass is 10.1. The molecule has 2 aromatic rings. The summed E-state index contributed by atoms with van der Waals surface area (Å²) in [6.45, 7) is 0. The van der Waals surface area contributed by atoms with Crippen LogP contribution in [0, 0.1) is 0 Å². The van der Waals surface area contributed by atoms with E-state index in [4.69, 9.17) is 5.73 Å². The van der Waals surface area contributed by atoms with Crippen LogP contribution in [0.3, 0.4) is 0 Å². The van der Waals surface area contributed by atoms with E-state index in [0.29, 0.717) is 5.13 Å². The van der Waals surface area contributed by atoms with Crippen LogP contribution in [-0.4, -0.2) is 4.98 Å². The zero-order valence-corrected chi connectivity index (χ0v) is 11.1. The normalized spacial score (nSPS) is 13.9. The van der Waals surface area contributed by atoms with Crippen LogP contribution in [-0.2, 0) is 18.6 Å². The molecule has 0 fully saturated rings. The van der Waals surface area contributed by atoms with Gasteiger partial charge in [-0.15, -0.1) is 23.1 Å². The maximum atomic E-state index is 5.62. The van der Waals surface area contributed by atoms with Gasteiger partial charge in [0.2, 0.25) is 0 Å². The number of nitrogen functional groups attached to an aromatic ring is 1. The highest BCUT2D eigenvalue weighted by Crippen LogP contribution is 2.30. The summed E-state index contributed by atoms with van der Waals surface area (Å²) < 4.78 is 0. The highest BCUT2D eigenvalue weighted by atomic mass is 32.2. The molecule has 2 N–H and O–H groups in total. The molecular weight excluding hydrogens is 248 g/mol. The fourth-order valence-corrected chi connectivity index (χ4v) is 3.85. The molecule has 3 rings (SSSR count). The maximum Gasteiger partial charge on any atom is 0.180 e. The Morgan fingerprint density at radius 3 is 3.00 bits per heavy atom. The smallest absolute Gasteiger partial charge is 0.180 e. The molecule has 4 heteroatoms. The zero-order valence-electron chi connectivity index (χ0n) is 9.48. The van der Waals surface area contributed by atoms with E-state index in [9.17, 15) is 0 Å². The maximum absolute atomic E-state index is 5.62. The van der Waals surface area contributed by atoms with Gasteiger partial charge in [0, 0.05) is 21.7 Å². The van der Waals surface area contributed by atoms with E-state index in [1.165, 1.54) is 34.6 Å². The third-order valence-corrected chi connectivity index (χ3v) is 5.07. The molecule has 0 unspecified atom stereocenters. The Balaban J connectivity index is 1.69. The van der Waals surface area contributed by atoms with Gasteiger partial charge in [0.1, 0.15) is 0 Å². The summed E-state index contributed by atoms with van der Waals surface area (Å²) in [7, 11) is 0. The average molecular weight is 262 g/mol. The lowest BCUT2D eigenvalue weighted by molar-refractivity contribution is 0.911. The second-order valence-electron chi connectivity index (χ2n) is 4.24. The number of anilines is 1. The molecule has 0 aliphatic heterocycles. The lowest BCUT2D eigenvalue weighted by Crippen LogP contribution is -1.83. The number of fused-ring (bicyclic) bond motifs is 1. The summed E-state index contributed by atoms with van der Waals surface area (Å²) >= 11 is 3.45. The van der Waals surface area contributed by atoms with Gasteiger partial charge < -0.3 is 5.73 Å². The van der Waals surface area contributed by atoms with E-state index < -0.39 is 0 Å². The molecule has 0 atom stereocenters. The quantitative estimate of drug-likeness (QED) is 0.860. The number of nitrogens with zero attached hydrogens (tertiary/aromatic N) is 1. The second kappa shape index (κ2) is 4.70. The first-order valence-electron chi connectivity index (χ1n) is 5.76. The van der Waals surface area contributed by atoms with Gasteiger partial charge in [0.15, 0.2) is 5.13 Å². The Morgan fingerprint density at radius 1 is 1.29 bits per heavy atom. The Bertz CT molecular complexity index is 534. The zero-order chi connectivity index (χ0) is 11.7. The first kappa shape index (κ1) is 11.1. The van der Waals surface area contributed by atoms with Crippen molar-refractivity contribution in [3.8, 4) is 0 Å². The van der Waals surface area contributed by atoms with Crippen molar-refractivity contribution in [3.05, 3.63) is 40.4 Å². The summed E-state index contributed by atoms with van der Waals surface area (Å²) in [5.74, 6) is 0.966. The molecule has 1 aliphatic rings. The third kappa shape index (κ3) is 2.48. The number of thiazole rings is 1. The van der Waals surface area contributed by atoms with Gasteiger partial charge in [-0.3, -0.25) is 0 Å². The van der Waals surface area contributed by atoms with Crippen LogP contribution in [0.1, 0.15) is 22.4 Å². The molecular formula is C13H14N2S2. The van der Waals surface area contributed by atoms with Gasteiger partial charge in [-0.2, -0.15) is 0 Å². The Kier molecular flexibility index (Phi) is 3.07. The lowest BCUT2D eigenvalue weighted by Gasteiger charge is -2.03. The van der Waals surface area contributed by atoms with E-state index in [0.717, 1.165) is 5.75 Å². The summed E-state index contributed by atoms with van der Waals surface area (Å²) in [6.07, 6.45) is 5.69. The number of rotatable bonds is 3. The fraction of sp³-hybridized carbons (Fsp3) is 0.308. The predicted octanol–water partition coefficient (Wildman–Crippen LogP) is 3.51. The highest BCUT2D eigenvalue weighted by molar-refractivity contribution is 7.98. The molecule has 0 bridgehead atoms. The van der Waals surface area contributed by atoms with Crippen LogP contribution in [0.4, 0.5) is 5.13 Å². The number of aromatic nitrogens is 1. The second-order valence-corrected chi connectivity index (χ2v) is 6.43. The Hall–Kier alpha value is -1.00. The minimum absolute atomic E-state index is 0.662. The Morgan fingerprint density at radius 2 is 2.18 bits per heavy atom. The minimum Gasteiger partial charge on any atom is -0.375 e. The molecule has 17 heavy (non-hydrogen) atoms. The highest BCUT2D eigenvalue weighted by Gasteiger charge is 2.11. The van der Waals surface area contributed by atoms with Gasteiger partial charge in [0.05, 0.1) is 0 Å². The first-order chi connectivity index (χ1) is 8.31. The topological polar surface area (TPSA) is 38.9 Å². The van der Waals surface area contributed by atoms with Crippen molar-refractivity contribution in [3.63, 3.8) is 0 Å². The van der Waals surface area contributed by atoms with Crippen molar-refractivity contribution in [1.82, 2.24) is 4.98 Å². The molecule has 1 heterocycles. The van der Waals surface area contributed by atoms with E-state index in [-0.39, 0.29) is 0 Å². The fourth-order valence-electron chi connectivity index (χ4n) is 2.18. The van der Waals surface area contributed by atoms with Crippen LogP contribution in [0.2, 0.25) is 0 Å². The van der Waals surface area contributed by atoms with Gasteiger partial charge >= 0.3 is 0 Å². The van der Waals surface area contributed by atoms with E-state index in [1.54, 1.807) is 16.9 Å². The van der Waals surface area contributed by atoms with Crippen molar-refractivity contribution >= 4 is 28.2 Å². The average Bonchev–Trinajstić information content (AvgIpc) is 2.94. The number of benzene rings is 1. The van der Waals surface area contributed by atoms with Crippen molar-refractivity contribution < 1.29 is 0 Å². The Labute approximate surface area is 109 Å². The van der Waals surface area contributed by atoms with Crippen LogP contribution < -0.4 is 5.73 Å². The van der Waals surface area contributed by atoms with Gasteiger partial charge in [0.25, 0.3) is 0 Å². The summed E-state index contributed by atoms with van der Waals surface area (Å²) in [4.78, 5) is 6.67. The number of hydrogen-bond acceptors (Lipinski definition) is 4. The molecule has 0 saturated heterocycles. The van der Waals surface area contributed by atoms with Crippen molar-refractivity contribution in [2.75, 3.05) is 5.73 Å². The molecule has 0 saturated carbocycles. The monoisotopic (exact) mass is 262 g/mol. The predicted molar refractivity (Wildman–Crippen MR) is 74.6 cm³/mol. The molecule has 1 aliphatic carbocycles. The third-order valence-electron chi connectivity index (χ3n) is 3.02. The summed E-state index contributed by atoms with van der Waals surface area (Å²) in [6, 6.07) is 6.86. The van der Waals surface area contributed by atoms with E-state index in [2.05, 4.69) is 23.2 Å². The number of thioether (sulfide) groups is 1. The SMILES string of the molecule is Nc1ncc(CSc2ccc3c(c2)CCC3)s1. The van der Waals surface area contributed by atoms with Crippen molar-refractivity contribution in [2.24, 2.45) is 0 Å². The van der Waals surface area contributed by atoms with Gasteiger partial charge in [-0.05, 0) is 42.5 Å². The standard InChI is InChI=1S/C13H14N2S2/c14-13-15-7-12(17-13)8-16-11-5-4-9-2-1-3-10(9)6-11/h4-7H,1-3,8H2,(H2,14,15). The summed E-state index contributed by atoms with van der Waals surface area (Å²) in [5.41, 5.74) is 8.70. The van der Waals surface area contributed by atoms with E-state index >= 15 is 0 Å². The summed E-state index contributed by atoms with van der Waals surface area (Å²) in [5, 5.41) is 0.662. The minimum atomic E-state index is 0.662. The molecule has 2 nitrogen and oxygen atoms in total. The molecule has 0 radical (unpaired) electrons. The molecule has 0 amide bonds. The van der Waals surface area contributed by atoms with E-state index in [1.807, 2.05) is 18.0 Å². The van der Waals surface area contributed by atoms with Crippen LogP contribution in [0.5, 0.6) is 0 Å². The largest absolute Gasteiger partial charge is 0.375 e. The number of hydrogen-bond donors (Lipinski definition) is 1. The number of nitrogens with two attached hydrogens (primary N) is 1. The van der Waals surface area contributed by atoms with Gasteiger partial charge in [-0.1, -0.05) is 6.07 Å².